The third-order valence-corrected chi connectivity index (χ3v) is 22.1. The number of aryl methyl sites for hydroxylation is 1. The SMILES string of the molecule is CCCN1C[C@H](CSC)C[C@@H]2c3cccc4[nH]cc(c34)C[C@H]21.CN1C[C@H](C(=O)N[C@]2(C)O[C@@]3(O)[C@@H]4CCCN4C(=O)[C@H](Cc4ccccc4)N3C2=O)C[C@@H]2c3cccc4[nH]cc(c34)C[C@H]21.COc1cc2c(c(OC)c1OC)-c1ccc(OC)c(=O)cc1[C@@H](NC(C)=O)CC2. The maximum Gasteiger partial charge on any atom is 0.280 e. The first kappa shape index (κ1) is 64.8. The predicted molar refractivity (Wildman–Crippen MR) is 363 cm³/mol. The summed E-state index contributed by atoms with van der Waals surface area (Å²) in [5, 5.41) is 20.7. The highest BCUT2D eigenvalue weighted by Crippen LogP contribution is 2.52. The summed E-state index contributed by atoms with van der Waals surface area (Å²) in [5.74, 6) is 1.17. The average molecular weight is 1300 g/mol. The Kier molecular flexibility index (Phi) is 18.2. The summed E-state index contributed by atoms with van der Waals surface area (Å²) < 4.78 is 28.2. The first-order valence-corrected chi connectivity index (χ1v) is 34.7. The molecule has 0 spiro atoms. The number of thioether (sulfide) groups is 1. The van der Waals surface area contributed by atoms with E-state index in [4.69, 9.17) is 23.7 Å². The van der Waals surface area contributed by atoms with Gasteiger partial charge < -0.3 is 54.5 Å². The van der Waals surface area contributed by atoms with Crippen LogP contribution in [-0.2, 0) is 49.6 Å². The van der Waals surface area contributed by atoms with Gasteiger partial charge in [-0.3, -0.25) is 38.5 Å². The van der Waals surface area contributed by atoms with Crippen molar-refractivity contribution in [2.75, 3.05) is 73.7 Å². The molecule has 11 atom stereocenters. The van der Waals surface area contributed by atoms with E-state index in [1.54, 1.807) is 37.9 Å². The Morgan fingerprint density at radius 1 is 0.777 bits per heavy atom. The first-order valence-electron chi connectivity index (χ1n) is 33.3. The third kappa shape index (κ3) is 11.5. The van der Waals surface area contributed by atoms with E-state index in [1.165, 1.54) is 103 Å². The summed E-state index contributed by atoms with van der Waals surface area (Å²) in [6.07, 6.45) is 14.8. The lowest BCUT2D eigenvalue weighted by Gasteiger charge is -2.48. The molecule has 20 heteroatoms. The van der Waals surface area contributed by atoms with Gasteiger partial charge in [0.05, 0.1) is 40.4 Å². The highest BCUT2D eigenvalue weighted by Gasteiger charge is 2.70. The van der Waals surface area contributed by atoms with Crippen molar-refractivity contribution >= 4 is 57.2 Å². The second-order valence-corrected chi connectivity index (χ2v) is 27.9. The maximum atomic E-state index is 14.2. The number of nitrogens with zero attached hydrogens (tertiary/aromatic N) is 4. The van der Waals surface area contributed by atoms with E-state index < -0.39 is 29.6 Å². The quantitative estimate of drug-likeness (QED) is 0.0727. The number of likely N-dealkylation sites (N-methyl/N-ethyl adjacent to an activating group) is 1. The molecule has 8 aliphatic rings. The maximum absolute atomic E-state index is 14.2. The van der Waals surface area contributed by atoms with Crippen LogP contribution in [0.2, 0.25) is 0 Å². The number of hydrogen-bond acceptors (Lipinski definition) is 14. The number of rotatable bonds is 13. The van der Waals surface area contributed by atoms with Crippen molar-refractivity contribution in [2.24, 2.45) is 11.8 Å². The molecule has 19 nitrogen and oxygen atoms in total. The fourth-order valence-corrected chi connectivity index (χ4v) is 18.0. The lowest BCUT2D eigenvalue weighted by molar-refractivity contribution is -0.315. The molecule has 0 radical (unpaired) electrons. The van der Waals surface area contributed by atoms with E-state index in [0.29, 0.717) is 74.0 Å². The minimum absolute atomic E-state index is 0.167. The summed E-state index contributed by atoms with van der Waals surface area (Å²) in [6.45, 7) is 8.89. The Morgan fingerprint density at radius 3 is 2.11 bits per heavy atom. The number of hydrogen-bond donors (Lipinski definition) is 5. The van der Waals surface area contributed by atoms with Crippen LogP contribution in [0.1, 0.15) is 116 Å². The van der Waals surface area contributed by atoms with E-state index in [1.807, 2.05) is 54.2 Å². The largest absolute Gasteiger partial charge is 0.493 e. The number of aromatic amines is 2. The summed E-state index contributed by atoms with van der Waals surface area (Å²) >= 11 is 2.01. The minimum Gasteiger partial charge on any atom is -0.493 e. The molecule has 3 aliphatic carbocycles. The van der Waals surface area contributed by atoms with E-state index in [-0.39, 0.29) is 59.2 Å². The van der Waals surface area contributed by atoms with Crippen molar-refractivity contribution in [3.63, 3.8) is 0 Å². The van der Waals surface area contributed by atoms with Gasteiger partial charge in [-0.1, -0.05) is 67.6 Å². The number of carbonyl (C=O) groups is 4. The van der Waals surface area contributed by atoms with Crippen LogP contribution in [0, 0.1) is 11.8 Å². The van der Waals surface area contributed by atoms with Crippen LogP contribution >= 0.6 is 11.8 Å². The van der Waals surface area contributed by atoms with Gasteiger partial charge in [0.1, 0.15) is 12.1 Å². The second-order valence-electron chi connectivity index (χ2n) is 27.0. The van der Waals surface area contributed by atoms with Crippen molar-refractivity contribution < 1.29 is 48.0 Å². The van der Waals surface area contributed by atoms with Gasteiger partial charge in [0.15, 0.2) is 17.2 Å². The number of fused-ring (bicyclic) bond motifs is 10. The zero-order valence-electron chi connectivity index (χ0n) is 55.3. The number of methoxy groups -OCH3 is 4. The van der Waals surface area contributed by atoms with Crippen LogP contribution in [0.25, 0.3) is 32.9 Å². The number of piperazine rings is 1. The molecule has 4 amide bonds. The standard InChI is InChI=1S/C33H37N5O5.C22H25NO6.C19H26N2S/c1-32(35-29(39)21-15-23-22-10-6-11-24-28(22)20(17-34-24)16-25(23)36(2)18-21)31(41)38-26(14-19-8-4-3-5-9-19)30(40)37-13-7-12-27(37)33(38,42)43-32;1-12(24)23-16-8-6-13-10-19(27-3)21(28-4)22(29-5)20(13)14-7-9-18(26-2)17(25)11-15(14)16;1-3-7-21-11-13(12-22-2)8-16-15-5-4-6-17-19(15)14(10-20-17)9-18(16)21/h3-6,8-11,17,21,23,25-27,34,42H,7,12-16,18H2,1-2H3,(H,35,39);7,9-11,16H,6,8H2,1-5H3,(H,23,24);4-6,10,13,16,18,20H,3,7-9,11-12H2,1-2H3/t21-,23-,25-,26+,27+,32-,33+;16-;13-,16-,18-/m101/s1. The Balaban J connectivity index is 0.000000137. The normalized spacial score (nSPS) is 27.2. The van der Waals surface area contributed by atoms with Crippen molar-refractivity contribution in [3.8, 4) is 34.1 Å². The van der Waals surface area contributed by atoms with E-state index in [2.05, 4.69) is 99.4 Å². The zero-order valence-corrected chi connectivity index (χ0v) is 56.2. The second kappa shape index (κ2) is 26.4. The number of ether oxygens (including phenoxy) is 5. The van der Waals surface area contributed by atoms with Gasteiger partial charge in [0.25, 0.3) is 11.8 Å². The van der Waals surface area contributed by atoms with Crippen LogP contribution in [0.3, 0.4) is 0 Å². The molecule has 94 heavy (non-hydrogen) atoms. The summed E-state index contributed by atoms with van der Waals surface area (Å²) in [5.41, 5.74) is 10.2. The third-order valence-electron chi connectivity index (χ3n) is 21.3. The molecular formula is C74H88N8O11S. The number of carbonyl (C=O) groups excluding carboxylic acids is 4. The average Bonchev–Trinajstić information content (AvgIpc) is 1.53. The zero-order chi connectivity index (χ0) is 65.9. The summed E-state index contributed by atoms with van der Waals surface area (Å²) in [6, 6.07) is 28.6. The lowest BCUT2D eigenvalue weighted by Crippen LogP contribution is -2.71. The Morgan fingerprint density at radius 2 is 1.46 bits per heavy atom. The molecular weight excluding hydrogens is 1210 g/mol. The van der Waals surface area contributed by atoms with Crippen molar-refractivity contribution in [1.82, 2.24) is 40.2 Å². The van der Waals surface area contributed by atoms with Gasteiger partial charge in [-0.05, 0) is 171 Å². The van der Waals surface area contributed by atoms with Gasteiger partial charge in [0, 0.05) is 96.7 Å². The Bertz CT molecular complexity index is 4100. The number of aromatic nitrogens is 2. The van der Waals surface area contributed by atoms with Crippen LogP contribution in [0.5, 0.6) is 23.0 Å². The van der Waals surface area contributed by atoms with E-state index in [9.17, 15) is 29.1 Å². The van der Waals surface area contributed by atoms with Crippen molar-refractivity contribution in [2.45, 2.75) is 139 Å². The van der Waals surface area contributed by atoms with Crippen LogP contribution in [0.15, 0.2) is 108 Å². The molecule has 7 heterocycles. The molecule has 7 aromatic rings. The molecule has 5 saturated heterocycles. The van der Waals surface area contributed by atoms with Crippen molar-refractivity contribution in [3.05, 3.63) is 153 Å². The number of H-pyrrole nitrogens is 2. The summed E-state index contributed by atoms with van der Waals surface area (Å²) in [4.78, 5) is 81.2. The van der Waals surface area contributed by atoms with Gasteiger partial charge in [-0.15, -0.1) is 0 Å². The molecule has 5 fully saturated rings. The molecule has 0 saturated carbocycles. The Hall–Kier alpha value is -7.88. The highest BCUT2D eigenvalue weighted by molar-refractivity contribution is 7.98. The topological polar surface area (TPSA) is 220 Å². The fourth-order valence-electron chi connectivity index (χ4n) is 17.3. The number of benzene rings is 4. The van der Waals surface area contributed by atoms with E-state index in [0.717, 1.165) is 46.0 Å². The fraction of sp³-hybridized carbons (Fsp3) is 0.473. The van der Waals surface area contributed by atoms with Gasteiger partial charge in [-0.25, -0.2) is 0 Å². The molecule has 5 N–H and O–H groups in total. The first-order chi connectivity index (χ1) is 45.4. The predicted octanol–water partition coefficient (Wildman–Crippen LogP) is 9.22. The summed E-state index contributed by atoms with van der Waals surface area (Å²) in [7, 11) is 8.20. The number of nitrogens with one attached hydrogen (secondary N) is 4. The Labute approximate surface area is 553 Å². The molecule has 0 bridgehead atoms. The minimum atomic E-state index is -2.03. The van der Waals surface area contributed by atoms with Gasteiger partial charge >= 0.3 is 0 Å². The molecule has 2 aromatic heterocycles. The van der Waals surface area contributed by atoms with Gasteiger partial charge in [-0.2, -0.15) is 11.8 Å². The molecule has 15 rings (SSSR count). The lowest BCUT2D eigenvalue weighted by atomic mass is 9.72. The molecule has 5 aliphatic heterocycles. The van der Waals surface area contributed by atoms with Crippen LogP contribution < -0.4 is 35.0 Å². The smallest absolute Gasteiger partial charge is 0.280 e. The van der Waals surface area contributed by atoms with Crippen LogP contribution in [0.4, 0.5) is 0 Å². The number of likely N-dealkylation sites (tertiary alicyclic amines) is 2. The van der Waals surface area contributed by atoms with E-state index >= 15 is 0 Å². The number of aliphatic hydroxyl groups is 1. The highest BCUT2D eigenvalue weighted by atomic mass is 32.2. The molecule has 0 unspecified atom stereocenters. The number of amides is 4. The number of piperidine rings is 2. The monoisotopic (exact) mass is 1300 g/mol. The molecule has 5 aromatic carbocycles. The molecule has 496 valence electrons. The van der Waals surface area contributed by atoms with Gasteiger partial charge in [0.2, 0.25) is 34.6 Å². The van der Waals surface area contributed by atoms with Crippen molar-refractivity contribution in [1.29, 1.82) is 0 Å². The van der Waals surface area contributed by atoms with Crippen LogP contribution in [-0.4, -0.2) is 168 Å².